The van der Waals surface area contributed by atoms with Crippen LogP contribution in [0.15, 0.2) is 146 Å². The Bertz CT molecular complexity index is 2090. The number of nitrogens with zero attached hydrogens (tertiary/aromatic N) is 1. The molecule has 0 radical (unpaired) electrons. The van der Waals surface area contributed by atoms with Gasteiger partial charge in [-0.1, -0.05) is 110 Å². The van der Waals surface area contributed by atoms with Crippen LogP contribution in [-0.4, -0.2) is 4.68 Å². The molecule has 2 aliphatic carbocycles. The number of fused-ring (bicyclic) bond motifs is 7. The highest BCUT2D eigenvalue weighted by Crippen LogP contribution is 2.50. The van der Waals surface area contributed by atoms with Crippen molar-refractivity contribution in [1.29, 1.82) is 0 Å². The molecule has 2 heteroatoms. The van der Waals surface area contributed by atoms with Gasteiger partial charge in [-0.05, 0) is 58.2 Å². The summed E-state index contributed by atoms with van der Waals surface area (Å²) in [7, 11) is 0. The molecule has 9 rings (SSSR count). The highest BCUT2D eigenvalue weighted by Gasteiger charge is 2.45. The van der Waals surface area contributed by atoms with Gasteiger partial charge in [-0.15, -0.1) is 0 Å². The minimum Gasteiger partial charge on any atom is -0.187 e. The van der Waals surface area contributed by atoms with E-state index in [1.165, 1.54) is 71.5 Å². The molecule has 41 heavy (non-hydrogen) atoms. The quantitative estimate of drug-likeness (QED) is 0.238. The Hall–Kier alpha value is -4.92. The molecule has 3 aliphatic rings. The van der Waals surface area contributed by atoms with Crippen LogP contribution in [0.4, 0.5) is 5.69 Å². The number of hydrogen-bond acceptors (Lipinski definition) is 0. The fourth-order valence-electron chi connectivity index (χ4n) is 7.58. The number of quaternary nitrogens is 1. The second kappa shape index (κ2) is 8.54. The highest BCUT2D eigenvalue weighted by molar-refractivity contribution is 6.09. The van der Waals surface area contributed by atoms with E-state index in [9.17, 15) is 0 Å². The molecule has 0 fully saturated rings. The van der Waals surface area contributed by atoms with Crippen molar-refractivity contribution >= 4 is 33.1 Å². The van der Waals surface area contributed by atoms with Gasteiger partial charge in [0.25, 0.3) is 0 Å². The second-order valence-corrected chi connectivity index (χ2v) is 11.6. The SMILES string of the molecule is C=C1c2cc3c4ccccc4n([NH+]4c5ccccc5C4c4cccc(-c5ccccc5)c4)c3cc2C2C=CC=CC12. The van der Waals surface area contributed by atoms with Gasteiger partial charge in [0.05, 0.1) is 5.56 Å². The monoisotopic (exact) mass is 525 g/mol. The fourth-order valence-corrected chi connectivity index (χ4v) is 7.58. The van der Waals surface area contributed by atoms with Gasteiger partial charge in [0.2, 0.25) is 0 Å². The van der Waals surface area contributed by atoms with Crippen molar-refractivity contribution in [3.63, 3.8) is 0 Å². The molecule has 5 aromatic carbocycles. The molecule has 4 atom stereocenters. The first-order chi connectivity index (χ1) is 20.3. The van der Waals surface area contributed by atoms with Crippen molar-refractivity contribution in [3.8, 4) is 11.1 Å². The van der Waals surface area contributed by atoms with Gasteiger partial charge in [-0.2, -0.15) is 9.69 Å². The van der Waals surface area contributed by atoms with Gasteiger partial charge < -0.3 is 0 Å². The Morgan fingerprint density at radius 3 is 2.24 bits per heavy atom. The Kier molecular flexibility index (Phi) is 4.76. The summed E-state index contributed by atoms with van der Waals surface area (Å²) < 4.78 is 2.56. The molecule has 2 nitrogen and oxygen atoms in total. The van der Waals surface area contributed by atoms with E-state index < -0.39 is 0 Å². The van der Waals surface area contributed by atoms with Gasteiger partial charge in [-0.3, -0.25) is 0 Å². The van der Waals surface area contributed by atoms with Crippen LogP contribution in [0.1, 0.15) is 34.2 Å². The number of benzene rings is 5. The molecule has 1 aliphatic heterocycles. The zero-order chi connectivity index (χ0) is 27.1. The van der Waals surface area contributed by atoms with Crippen LogP contribution in [0.2, 0.25) is 0 Å². The van der Waals surface area contributed by atoms with E-state index in [1.807, 2.05) is 0 Å². The summed E-state index contributed by atoms with van der Waals surface area (Å²) in [4.78, 5) is 0. The zero-order valence-corrected chi connectivity index (χ0v) is 22.7. The molecule has 0 bridgehead atoms. The summed E-state index contributed by atoms with van der Waals surface area (Å²) >= 11 is 0. The Morgan fingerprint density at radius 2 is 1.34 bits per heavy atom. The maximum Gasteiger partial charge on any atom is 0.172 e. The third-order valence-corrected chi connectivity index (χ3v) is 9.48. The van der Waals surface area contributed by atoms with E-state index in [4.69, 9.17) is 0 Å². The lowest BCUT2D eigenvalue weighted by molar-refractivity contribution is -0.922. The van der Waals surface area contributed by atoms with E-state index in [-0.39, 0.29) is 6.04 Å². The van der Waals surface area contributed by atoms with Crippen LogP contribution < -0.4 is 5.01 Å². The largest absolute Gasteiger partial charge is 0.187 e. The fraction of sp³-hybridized carbons (Fsp3) is 0.0769. The van der Waals surface area contributed by atoms with Crippen molar-refractivity contribution in [2.24, 2.45) is 5.92 Å². The average molecular weight is 526 g/mol. The topological polar surface area (TPSA) is 9.37 Å². The Morgan fingerprint density at radius 1 is 0.585 bits per heavy atom. The van der Waals surface area contributed by atoms with E-state index in [2.05, 4.69) is 151 Å². The molecule has 0 spiro atoms. The van der Waals surface area contributed by atoms with E-state index in [0.29, 0.717) is 11.8 Å². The van der Waals surface area contributed by atoms with Crippen LogP contribution in [0.25, 0.3) is 38.5 Å². The number of allylic oxidation sites excluding steroid dienone is 5. The first-order valence-corrected chi connectivity index (χ1v) is 14.5. The molecule has 194 valence electrons. The van der Waals surface area contributed by atoms with Crippen LogP contribution in [-0.2, 0) is 0 Å². The summed E-state index contributed by atoms with van der Waals surface area (Å²) in [5.74, 6) is 0.710. The van der Waals surface area contributed by atoms with E-state index in [1.54, 1.807) is 0 Å². The predicted molar refractivity (Wildman–Crippen MR) is 169 cm³/mol. The zero-order valence-electron chi connectivity index (χ0n) is 22.7. The maximum absolute atomic E-state index is 4.55. The third kappa shape index (κ3) is 3.17. The lowest BCUT2D eigenvalue weighted by Crippen LogP contribution is -3.14. The minimum atomic E-state index is 0.197. The maximum atomic E-state index is 4.55. The molecule has 0 saturated carbocycles. The van der Waals surface area contributed by atoms with Gasteiger partial charge in [0.1, 0.15) is 11.0 Å². The smallest absolute Gasteiger partial charge is 0.172 e. The highest BCUT2D eigenvalue weighted by atomic mass is 15.6. The van der Waals surface area contributed by atoms with Crippen molar-refractivity contribution in [1.82, 2.24) is 4.68 Å². The Labute approximate surface area is 239 Å². The molecule has 0 amide bonds. The Balaban J connectivity index is 1.28. The molecular formula is C39H29N2+. The second-order valence-electron chi connectivity index (χ2n) is 11.6. The van der Waals surface area contributed by atoms with Crippen molar-refractivity contribution < 1.29 is 5.01 Å². The summed E-state index contributed by atoms with van der Waals surface area (Å²) in [6.07, 6.45) is 9.03. The van der Waals surface area contributed by atoms with E-state index >= 15 is 0 Å². The van der Waals surface area contributed by atoms with Crippen molar-refractivity contribution in [3.05, 3.63) is 168 Å². The normalized spacial score (nSPS) is 22.0. The summed E-state index contributed by atoms with van der Waals surface area (Å²) in [6, 6.07) is 42.8. The van der Waals surface area contributed by atoms with Gasteiger partial charge in [0, 0.05) is 34.2 Å². The van der Waals surface area contributed by atoms with Crippen LogP contribution in [0.5, 0.6) is 0 Å². The lowest BCUT2D eigenvalue weighted by Gasteiger charge is -2.39. The molecule has 0 saturated heterocycles. The first kappa shape index (κ1) is 22.9. The number of rotatable bonds is 3. The molecule has 4 unspecified atom stereocenters. The van der Waals surface area contributed by atoms with Crippen LogP contribution >= 0.6 is 0 Å². The molecule has 6 aromatic rings. The average Bonchev–Trinajstić information content (AvgIpc) is 3.49. The molecular weight excluding hydrogens is 496 g/mol. The number of nitrogens with one attached hydrogen (secondary N) is 1. The molecule has 1 aromatic heterocycles. The van der Waals surface area contributed by atoms with Gasteiger partial charge >= 0.3 is 0 Å². The van der Waals surface area contributed by atoms with Crippen LogP contribution in [0, 0.1) is 5.92 Å². The predicted octanol–water partition coefficient (Wildman–Crippen LogP) is 8.40. The van der Waals surface area contributed by atoms with Gasteiger partial charge in [-0.25, -0.2) is 0 Å². The lowest BCUT2D eigenvalue weighted by atomic mass is 9.87. The third-order valence-electron chi connectivity index (χ3n) is 9.48. The molecule has 1 N–H and O–H groups in total. The molecule has 2 heterocycles. The van der Waals surface area contributed by atoms with Crippen molar-refractivity contribution in [2.75, 3.05) is 0 Å². The van der Waals surface area contributed by atoms with Crippen LogP contribution in [0.3, 0.4) is 0 Å². The summed E-state index contributed by atoms with van der Waals surface area (Å²) in [6.45, 7) is 4.55. The first-order valence-electron chi connectivity index (χ1n) is 14.5. The standard InChI is InChI=1S/C39H28N2/c1-25-29-16-5-6-17-30(29)34-24-38-35(23-33(25)34)31-18-7-9-20-36(31)40(38)41-37-21-10-8-19-32(37)39(41)28-15-11-14-27(22-28)26-12-3-2-4-13-26/h2-24,29-30,39H,1H2/p+1. The van der Waals surface area contributed by atoms with Gasteiger partial charge in [0.15, 0.2) is 11.7 Å². The van der Waals surface area contributed by atoms with E-state index in [0.717, 1.165) is 0 Å². The summed E-state index contributed by atoms with van der Waals surface area (Å²) in [5.41, 5.74) is 13.1. The summed E-state index contributed by atoms with van der Waals surface area (Å²) in [5, 5.41) is 3.97. The number of para-hydroxylation sites is 2. The number of aromatic nitrogens is 1. The minimum absolute atomic E-state index is 0.197. The number of hydrogen-bond donors (Lipinski definition) is 1. The van der Waals surface area contributed by atoms with Crippen molar-refractivity contribution in [2.45, 2.75) is 12.0 Å².